The topological polar surface area (TPSA) is 87.7 Å². The van der Waals surface area contributed by atoms with E-state index < -0.39 is 0 Å². The van der Waals surface area contributed by atoms with Crippen molar-refractivity contribution in [3.05, 3.63) is 60.7 Å². The number of hydrogen-bond donors (Lipinski definition) is 2. The highest BCUT2D eigenvalue weighted by Gasteiger charge is 2.13. The third-order valence-corrected chi connectivity index (χ3v) is 5.21. The molecule has 0 saturated carbocycles. The first-order valence-electron chi connectivity index (χ1n) is 9.06. The van der Waals surface area contributed by atoms with Crippen LogP contribution >= 0.6 is 0 Å². The Bertz CT molecular complexity index is 1240. The number of benzene rings is 3. The molecule has 5 aromatic rings. The molecular formula is C22H20N6. The van der Waals surface area contributed by atoms with E-state index in [1.54, 1.807) is 0 Å². The molecule has 0 spiro atoms. The Kier molecular flexibility index (Phi) is 3.42. The Balaban J connectivity index is 1.58. The van der Waals surface area contributed by atoms with Gasteiger partial charge in [-0.25, -0.2) is 9.97 Å². The standard InChI is InChI=1S/C22H20N6/c1-27-19-9-7-15(23)11-17(19)25-21(27)13-3-5-14(6-4-13)22-26-18-12-16(24)8-10-20(18)28(22)2/h3-12H,23-24H2,1-2H3. The molecule has 0 bridgehead atoms. The van der Waals surface area contributed by atoms with Gasteiger partial charge in [-0.2, -0.15) is 0 Å². The van der Waals surface area contributed by atoms with Crippen molar-refractivity contribution >= 4 is 33.4 Å². The summed E-state index contributed by atoms with van der Waals surface area (Å²) in [6.45, 7) is 0. The quantitative estimate of drug-likeness (QED) is 0.462. The Labute approximate surface area is 162 Å². The van der Waals surface area contributed by atoms with Gasteiger partial charge in [0.05, 0.1) is 22.1 Å². The molecule has 0 radical (unpaired) electrons. The average molecular weight is 368 g/mol. The van der Waals surface area contributed by atoms with Crippen LogP contribution in [0.1, 0.15) is 0 Å². The number of nitrogens with two attached hydrogens (primary N) is 2. The van der Waals surface area contributed by atoms with Crippen molar-refractivity contribution in [3.63, 3.8) is 0 Å². The van der Waals surface area contributed by atoms with Gasteiger partial charge in [-0.15, -0.1) is 0 Å². The molecule has 0 aliphatic carbocycles. The van der Waals surface area contributed by atoms with E-state index in [1.165, 1.54) is 0 Å². The zero-order valence-corrected chi connectivity index (χ0v) is 15.7. The van der Waals surface area contributed by atoms with E-state index in [4.69, 9.17) is 21.4 Å². The summed E-state index contributed by atoms with van der Waals surface area (Å²) >= 11 is 0. The van der Waals surface area contributed by atoms with Gasteiger partial charge in [-0.05, 0) is 36.4 Å². The molecule has 28 heavy (non-hydrogen) atoms. The number of nitrogen functional groups attached to an aromatic ring is 2. The lowest BCUT2D eigenvalue weighted by atomic mass is 10.1. The SMILES string of the molecule is Cn1c(-c2ccc(-c3nc4cc(N)ccc4n3C)cc2)nc2cc(N)ccc21. The fraction of sp³-hybridized carbons (Fsp3) is 0.0909. The van der Waals surface area contributed by atoms with Crippen LogP contribution in [-0.2, 0) is 14.1 Å². The third-order valence-electron chi connectivity index (χ3n) is 5.21. The maximum Gasteiger partial charge on any atom is 0.140 e. The van der Waals surface area contributed by atoms with Gasteiger partial charge < -0.3 is 20.6 Å². The first-order chi connectivity index (χ1) is 13.5. The van der Waals surface area contributed by atoms with E-state index in [1.807, 2.05) is 50.5 Å². The van der Waals surface area contributed by atoms with Crippen LogP contribution in [0.4, 0.5) is 11.4 Å². The third kappa shape index (κ3) is 2.42. The van der Waals surface area contributed by atoms with Crippen molar-refractivity contribution in [1.29, 1.82) is 0 Å². The predicted molar refractivity (Wildman–Crippen MR) is 115 cm³/mol. The summed E-state index contributed by atoms with van der Waals surface area (Å²) < 4.78 is 4.17. The number of hydrogen-bond acceptors (Lipinski definition) is 4. The molecule has 0 fully saturated rings. The molecule has 5 rings (SSSR count). The summed E-state index contributed by atoms with van der Waals surface area (Å²) in [7, 11) is 4.04. The molecule has 6 nitrogen and oxygen atoms in total. The second-order valence-corrected chi connectivity index (χ2v) is 7.06. The van der Waals surface area contributed by atoms with Crippen LogP contribution in [0.2, 0.25) is 0 Å². The molecule has 6 heteroatoms. The first-order valence-corrected chi connectivity index (χ1v) is 9.06. The summed E-state index contributed by atoms with van der Waals surface area (Å²) in [6, 6.07) is 19.9. The highest BCUT2D eigenvalue weighted by Crippen LogP contribution is 2.29. The van der Waals surface area contributed by atoms with Crippen molar-refractivity contribution in [2.75, 3.05) is 11.5 Å². The van der Waals surface area contributed by atoms with Gasteiger partial charge in [0.2, 0.25) is 0 Å². The molecule has 0 saturated heterocycles. The van der Waals surface area contributed by atoms with Crippen LogP contribution in [0.3, 0.4) is 0 Å². The Morgan fingerprint density at radius 2 is 1.00 bits per heavy atom. The fourth-order valence-corrected chi connectivity index (χ4v) is 3.72. The van der Waals surface area contributed by atoms with Gasteiger partial charge in [-0.1, -0.05) is 24.3 Å². The largest absolute Gasteiger partial charge is 0.399 e. The summed E-state index contributed by atoms with van der Waals surface area (Å²) in [5, 5.41) is 0. The van der Waals surface area contributed by atoms with E-state index in [0.29, 0.717) is 0 Å². The van der Waals surface area contributed by atoms with Gasteiger partial charge in [-0.3, -0.25) is 0 Å². The van der Waals surface area contributed by atoms with E-state index in [-0.39, 0.29) is 0 Å². The normalized spacial score (nSPS) is 11.5. The number of anilines is 2. The Morgan fingerprint density at radius 1 is 0.607 bits per heavy atom. The molecular weight excluding hydrogens is 348 g/mol. The van der Waals surface area contributed by atoms with Gasteiger partial charge in [0, 0.05) is 36.6 Å². The van der Waals surface area contributed by atoms with E-state index in [0.717, 1.165) is 56.2 Å². The van der Waals surface area contributed by atoms with Crippen LogP contribution in [0.25, 0.3) is 44.8 Å². The van der Waals surface area contributed by atoms with Crippen LogP contribution < -0.4 is 11.5 Å². The van der Waals surface area contributed by atoms with Crippen LogP contribution in [0.15, 0.2) is 60.7 Å². The lowest BCUT2D eigenvalue weighted by Crippen LogP contribution is -1.94. The summed E-state index contributed by atoms with van der Waals surface area (Å²) in [5.41, 5.74) is 19.2. The summed E-state index contributed by atoms with van der Waals surface area (Å²) in [6.07, 6.45) is 0. The minimum atomic E-state index is 0.718. The average Bonchev–Trinajstić information content (AvgIpc) is 3.18. The predicted octanol–water partition coefficient (Wildman–Crippen LogP) is 3.96. The van der Waals surface area contributed by atoms with E-state index >= 15 is 0 Å². The fourth-order valence-electron chi connectivity index (χ4n) is 3.72. The minimum absolute atomic E-state index is 0.718. The summed E-state index contributed by atoms with van der Waals surface area (Å²) in [5.74, 6) is 1.81. The molecule has 0 amide bonds. The highest BCUT2D eigenvalue weighted by atomic mass is 15.1. The van der Waals surface area contributed by atoms with Gasteiger partial charge >= 0.3 is 0 Å². The number of aryl methyl sites for hydroxylation is 2. The minimum Gasteiger partial charge on any atom is -0.399 e. The van der Waals surface area contributed by atoms with Gasteiger partial charge in [0.1, 0.15) is 11.6 Å². The maximum absolute atomic E-state index is 5.90. The zero-order chi connectivity index (χ0) is 19.4. The second kappa shape index (κ2) is 5.85. The molecule has 138 valence electrons. The monoisotopic (exact) mass is 368 g/mol. The molecule has 2 aromatic heterocycles. The van der Waals surface area contributed by atoms with Gasteiger partial charge in [0.15, 0.2) is 0 Å². The maximum atomic E-state index is 5.90. The number of fused-ring (bicyclic) bond motifs is 2. The van der Waals surface area contributed by atoms with Crippen molar-refractivity contribution in [2.24, 2.45) is 14.1 Å². The van der Waals surface area contributed by atoms with Crippen LogP contribution in [0, 0.1) is 0 Å². The lowest BCUT2D eigenvalue weighted by molar-refractivity contribution is 0.956. The number of imidazole rings is 2. The molecule has 0 unspecified atom stereocenters. The van der Waals surface area contributed by atoms with Crippen LogP contribution in [-0.4, -0.2) is 19.1 Å². The lowest BCUT2D eigenvalue weighted by Gasteiger charge is -2.06. The van der Waals surface area contributed by atoms with Crippen molar-refractivity contribution < 1.29 is 0 Å². The molecule has 0 aliphatic rings. The smallest absolute Gasteiger partial charge is 0.140 e. The van der Waals surface area contributed by atoms with Crippen molar-refractivity contribution in [1.82, 2.24) is 19.1 Å². The number of aromatic nitrogens is 4. The van der Waals surface area contributed by atoms with Gasteiger partial charge in [0.25, 0.3) is 0 Å². The van der Waals surface area contributed by atoms with Crippen molar-refractivity contribution in [3.8, 4) is 22.8 Å². The summed E-state index contributed by atoms with van der Waals surface area (Å²) in [4.78, 5) is 9.51. The molecule has 2 heterocycles. The molecule has 0 aliphatic heterocycles. The van der Waals surface area contributed by atoms with E-state index in [2.05, 4.69) is 33.4 Å². The highest BCUT2D eigenvalue weighted by molar-refractivity contribution is 5.85. The number of nitrogens with zero attached hydrogens (tertiary/aromatic N) is 4. The Hall–Kier alpha value is -3.80. The zero-order valence-electron chi connectivity index (χ0n) is 15.7. The van der Waals surface area contributed by atoms with Crippen molar-refractivity contribution in [2.45, 2.75) is 0 Å². The molecule has 4 N–H and O–H groups in total. The first kappa shape index (κ1) is 16.4. The van der Waals surface area contributed by atoms with Crippen LogP contribution in [0.5, 0.6) is 0 Å². The second-order valence-electron chi connectivity index (χ2n) is 7.06. The number of rotatable bonds is 2. The van der Waals surface area contributed by atoms with E-state index in [9.17, 15) is 0 Å². The molecule has 3 aromatic carbocycles. The Morgan fingerprint density at radius 3 is 1.39 bits per heavy atom. The molecule has 0 atom stereocenters.